The highest BCUT2D eigenvalue weighted by atomic mass is 19.1. The summed E-state index contributed by atoms with van der Waals surface area (Å²) in [5, 5.41) is 5.99. The molecule has 1 atom stereocenters. The van der Waals surface area contributed by atoms with Crippen molar-refractivity contribution in [3.8, 4) is 0 Å². The maximum atomic E-state index is 14.5. The van der Waals surface area contributed by atoms with E-state index in [0.717, 1.165) is 63.1 Å². The van der Waals surface area contributed by atoms with Crippen LogP contribution in [0.4, 0.5) is 20.2 Å². The lowest BCUT2D eigenvalue weighted by Gasteiger charge is -2.39. The van der Waals surface area contributed by atoms with E-state index in [1.807, 2.05) is 13.0 Å². The molecular formula is C26H31F2N3O2. The van der Waals surface area contributed by atoms with Gasteiger partial charge in [-0.05, 0) is 73.9 Å². The molecule has 3 aliphatic rings. The fourth-order valence-electron chi connectivity index (χ4n) is 5.59. The number of fused-ring (bicyclic) bond motifs is 1. The Morgan fingerprint density at radius 1 is 1.09 bits per heavy atom. The van der Waals surface area contributed by atoms with E-state index >= 15 is 0 Å². The summed E-state index contributed by atoms with van der Waals surface area (Å²) >= 11 is 0. The van der Waals surface area contributed by atoms with Crippen LogP contribution in [0.5, 0.6) is 0 Å². The van der Waals surface area contributed by atoms with Crippen LogP contribution in [-0.2, 0) is 16.0 Å². The number of amides is 1. The molecule has 0 bridgehead atoms. The van der Waals surface area contributed by atoms with Gasteiger partial charge in [0.15, 0.2) is 0 Å². The number of carbonyl (C=O) groups excluding carboxylic acids is 1. The number of hydrogen-bond acceptors (Lipinski definition) is 4. The summed E-state index contributed by atoms with van der Waals surface area (Å²) in [6.45, 7) is 5.49. The number of nitrogens with one attached hydrogen (secondary N) is 2. The van der Waals surface area contributed by atoms with Crippen LogP contribution >= 0.6 is 0 Å². The molecule has 2 aliphatic heterocycles. The topological polar surface area (TPSA) is 53.6 Å². The summed E-state index contributed by atoms with van der Waals surface area (Å²) in [6, 6.07) is 7.99. The quantitative estimate of drug-likeness (QED) is 0.707. The van der Waals surface area contributed by atoms with Crippen LogP contribution in [0.25, 0.3) is 0 Å². The number of benzene rings is 2. The standard InChI is InChI=1S/C26H31F2N3O2/c1-16-2-7-23(28)22-15-24(30-25(16)22)26(32)29-20-13-18(12-19(27)14-20)17-3-5-21(6-4-17)31-8-10-33-11-9-31/h2,7,12-14,17,21,24,30H,3-6,8-11,15H2,1H3,(H,29,32)/t17-,21+,24?. The van der Waals surface area contributed by atoms with Crippen LogP contribution in [-0.4, -0.2) is 49.2 Å². The zero-order chi connectivity index (χ0) is 22.9. The Hall–Kier alpha value is -2.51. The summed E-state index contributed by atoms with van der Waals surface area (Å²) < 4.78 is 34.1. The van der Waals surface area contributed by atoms with E-state index in [2.05, 4.69) is 15.5 Å². The average Bonchev–Trinajstić information content (AvgIpc) is 3.29. The predicted octanol–water partition coefficient (Wildman–Crippen LogP) is 4.61. The molecule has 33 heavy (non-hydrogen) atoms. The number of morpholine rings is 1. The fraction of sp³-hybridized carbons (Fsp3) is 0.500. The van der Waals surface area contributed by atoms with Crippen molar-refractivity contribution in [2.24, 2.45) is 0 Å². The normalized spacial score (nSPS) is 25.4. The molecule has 2 N–H and O–H groups in total. The number of hydrogen-bond donors (Lipinski definition) is 2. The van der Waals surface area contributed by atoms with Crippen LogP contribution in [0, 0.1) is 18.6 Å². The van der Waals surface area contributed by atoms with Crippen molar-refractivity contribution in [2.45, 2.75) is 57.0 Å². The van der Waals surface area contributed by atoms with Crippen molar-refractivity contribution in [1.82, 2.24) is 4.90 Å². The van der Waals surface area contributed by atoms with Gasteiger partial charge in [0.2, 0.25) is 5.91 Å². The van der Waals surface area contributed by atoms with Crippen LogP contribution in [0.3, 0.4) is 0 Å². The number of ether oxygens (including phenoxy) is 1. The molecule has 0 aromatic heterocycles. The van der Waals surface area contributed by atoms with E-state index in [4.69, 9.17) is 4.74 Å². The lowest BCUT2D eigenvalue weighted by Crippen LogP contribution is -2.44. The van der Waals surface area contributed by atoms with Gasteiger partial charge < -0.3 is 15.4 Å². The zero-order valence-electron chi connectivity index (χ0n) is 19.0. The lowest BCUT2D eigenvalue weighted by molar-refractivity contribution is -0.116. The van der Waals surface area contributed by atoms with Gasteiger partial charge in [-0.1, -0.05) is 6.07 Å². The van der Waals surface area contributed by atoms with Gasteiger partial charge in [0.25, 0.3) is 0 Å². The van der Waals surface area contributed by atoms with E-state index in [-0.39, 0.29) is 24.0 Å². The van der Waals surface area contributed by atoms with E-state index < -0.39 is 6.04 Å². The van der Waals surface area contributed by atoms with E-state index in [1.54, 1.807) is 12.1 Å². The number of anilines is 2. The Bertz CT molecular complexity index is 999. The molecule has 5 nitrogen and oxygen atoms in total. The molecule has 176 valence electrons. The van der Waals surface area contributed by atoms with Crippen molar-refractivity contribution >= 4 is 17.3 Å². The maximum Gasteiger partial charge on any atom is 0.247 e. The number of nitrogens with zero attached hydrogens (tertiary/aromatic N) is 1. The van der Waals surface area contributed by atoms with E-state index in [0.29, 0.717) is 28.9 Å². The molecule has 2 aromatic carbocycles. The summed E-state index contributed by atoms with van der Waals surface area (Å²) in [5.74, 6) is -0.640. The predicted molar refractivity (Wildman–Crippen MR) is 125 cm³/mol. The third-order valence-electron chi connectivity index (χ3n) is 7.43. The largest absolute Gasteiger partial charge is 0.379 e. The number of halogens is 2. The Morgan fingerprint density at radius 2 is 1.85 bits per heavy atom. The smallest absolute Gasteiger partial charge is 0.247 e. The van der Waals surface area contributed by atoms with Gasteiger partial charge >= 0.3 is 0 Å². The van der Waals surface area contributed by atoms with Gasteiger partial charge in [0.1, 0.15) is 17.7 Å². The highest BCUT2D eigenvalue weighted by molar-refractivity contribution is 5.98. The molecule has 1 unspecified atom stereocenters. The Morgan fingerprint density at radius 3 is 2.58 bits per heavy atom. The van der Waals surface area contributed by atoms with Crippen LogP contribution < -0.4 is 10.6 Å². The first-order valence-corrected chi connectivity index (χ1v) is 12.0. The second-order valence-corrected chi connectivity index (χ2v) is 9.54. The van der Waals surface area contributed by atoms with Crippen molar-refractivity contribution in [1.29, 1.82) is 0 Å². The minimum Gasteiger partial charge on any atom is -0.379 e. The van der Waals surface area contributed by atoms with Crippen LogP contribution in [0.15, 0.2) is 30.3 Å². The molecule has 5 rings (SSSR count). The lowest BCUT2D eigenvalue weighted by atomic mass is 9.81. The number of carbonyl (C=O) groups is 1. The number of rotatable bonds is 4. The SMILES string of the molecule is Cc1ccc(F)c2c1NC(C(=O)Nc1cc(F)cc([C@H]3CC[C@@H](N4CCOCC4)CC3)c1)C2. The molecule has 1 aliphatic carbocycles. The van der Waals surface area contributed by atoms with E-state index in [9.17, 15) is 13.6 Å². The van der Waals surface area contributed by atoms with Crippen molar-refractivity contribution < 1.29 is 18.3 Å². The molecular weight excluding hydrogens is 424 g/mol. The maximum absolute atomic E-state index is 14.5. The summed E-state index contributed by atoms with van der Waals surface area (Å²) in [5.41, 5.74) is 3.53. The van der Waals surface area contributed by atoms with Crippen molar-refractivity contribution in [3.63, 3.8) is 0 Å². The minimum absolute atomic E-state index is 0.280. The van der Waals surface area contributed by atoms with Gasteiger partial charge in [0.05, 0.1) is 13.2 Å². The summed E-state index contributed by atoms with van der Waals surface area (Å²) in [4.78, 5) is 15.4. The first kappa shape index (κ1) is 22.3. The second-order valence-electron chi connectivity index (χ2n) is 9.54. The Kier molecular flexibility index (Phi) is 6.34. The monoisotopic (exact) mass is 455 g/mol. The molecule has 2 heterocycles. The molecule has 1 saturated heterocycles. The Balaban J connectivity index is 1.23. The van der Waals surface area contributed by atoms with Gasteiger partial charge in [0, 0.05) is 42.5 Å². The van der Waals surface area contributed by atoms with Crippen molar-refractivity contribution in [2.75, 3.05) is 36.9 Å². The van der Waals surface area contributed by atoms with Crippen molar-refractivity contribution in [3.05, 3.63) is 58.7 Å². The van der Waals surface area contributed by atoms with Crippen LogP contribution in [0.1, 0.15) is 48.3 Å². The summed E-state index contributed by atoms with van der Waals surface area (Å²) in [7, 11) is 0. The zero-order valence-corrected chi connectivity index (χ0v) is 19.0. The molecule has 0 radical (unpaired) electrons. The molecule has 0 spiro atoms. The number of aryl methyl sites for hydroxylation is 1. The molecule has 2 fully saturated rings. The van der Waals surface area contributed by atoms with E-state index in [1.165, 1.54) is 12.1 Å². The molecule has 1 amide bonds. The highest BCUT2D eigenvalue weighted by Crippen LogP contribution is 2.37. The Labute approximate surface area is 193 Å². The third kappa shape index (κ3) is 4.75. The highest BCUT2D eigenvalue weighted by Gasteiger charge is 2.31. The molecule has 7 heteroatoms. The van der Waals surface area contributed by atoms with Gasteiger partial charge in [-0.2, -0.15) is 0 Å². The first-order valence-electron chi connectivity index (χ1n) is 12.0. The molecule has 1 saturated carbocycles. The van der Waals surface area contributed by atoms with Gasteiger partial charge in [-0.3, -0.25) is 9.69 Å². The summed E-state index contributed by atoms with van der Waals surface area (Å²) in [6.07, 6.45) is 4.49. The minimum atomic E-state index is -0.578. The van der Waals surface area contributed by atoms with Crippen LogP contribution in [0.2, 0.25) is 0 Å². The second kappa shape index (κ2) is 9.39. The molecule has 2 aromatic rings. The fourth-order valence-corrected chi connectivity index (χ4v) is 5.59. The first-order chi connectivity index (χ1) is 16.0. The van der Waals surface area contributed by atoms with Gasteiger partial charge in [-0.15, -0.1) is 0 Å². The third-order valence-corrected chi connectivity index (χ3v) is 7.43. The average molecular weight is 456 g/mol. The van der Waals surface area contributed by atoms with Gasteiger partial charge in [-0.25, -0.2) is 8.78 Å².